The fourth-order valence-corrected chi connectivity index (χ4v) is 2.46. The summed E-state index contributed by atoms with van der Waals surface area (Å²) in [7, 11) is 0. The predicted octanol–water partition coefficient (Wildman–Crippen LogP) is 1.01. The van der Waals surface area contributed by atoms with E-state index >= 15 is 0 Å². The van der Waals surface area contributed by atoms with Crippen LogP contribution in [0.15, 0.2) is 4.99 Å². The molecule has 1 heterocycles. The normalized spacial score (nSPS) is 25.2. The number of nitrogens with one attached hydrogen (secondary N) is 2. The molecule has 3 N–H and O–H groups in total. The molecule has 0 atom stereocenters. The molecule has 0 saturated heterocycles. The van der Waals surface area contributed by atoms with E-state index in [1.807, 2.05) is 0 Å². The summed E-state index contributed by atoms with van der Waals surface area (Å²) in [4.78, 5) is 4.35. The molecule has 0 aromatic rings. The molecule has 16 heavy (non-hydrogen) atoms. The molecule has 0 aromatic heterocycles. The van der Waals surface area contributed by atoms with Crippen LogP contribution in [0, 0.1) is 0 Å². The maximum Gasteiger partial charge on any atom is 0.191 e. The molecule has 1 aliphatic carbocycles. The minimum Gasteiger partial charge on any atom is -0.388 e. The van der Waals surface area contributed by atoms with Crippen molar-refractivity contribution in [3.05, 3.63) is 0 Å². The first kappa shape index (κ1) is 11.7. The van der Waals surface area contributed by atoms with Gasteiger partial charge >= 0.3 is 0 Å². The Balaban J connectivity index is 1.80. The molecular formula is C12H23N3O. The Morgan fingerprint density at radius 1 is 1.19 bits per heavy atom. The van der Waals surface area contributed by atoms with E-state index in [-0.39, 0.29) is 0 Å². The molecule has 92 valence electrons. The van der Waals surface area contributed by atoms with Gasteiger partial charge in [0.05, 0.1) is 5.60 Å². The van der Waals surface area contributed by atoms with Crippen LogP contribution in [0.1, 0.15) is 44.9 Å². The number of nitrogens with zero attached hydrogens (tertiary/aromatic N) is 1. The van der Waals surface area contributed by atoms with Crippen molar-refractivity contribution >= 4 is 5.96 Å². The lowest BCUT2D eigenvalue weighted by molar-refractivity contribution is 0.0293. The van der Waals surface area contributed by atoms with Crippen molar-refractivity contribution in [3.8, 4) is 0 Å². The van der Waals surface area contributed by atoms with E-state index in [4.69, 9.17) is 0 Å². The molecule has 0 aromatic carbocycles. The fraction of sp³-hybridized carbons (Fsp3) is 0.917. The van der Waals surface area contributed by atoms with Gasteiger partial charge in [-0.25, -0.2) is 0 Å². The van der Waals surface area contributed by atoms with Crippen LogP contribution in [0.2, 0.25) is 0 Å². The lowest BCUT2D eigenvalue weighted by Gasteiger charge is -2.28. The van der Waals surface area contributed by atoms with Gasteiger partial charge in [0, 0.05) is 19.6 Å². The number of guanidine groups is 1. The summed E-state index contributed by atoms with van der Waals surface area (Å²) >= 11 is 0. The largest absolute Gasteiger partial charge is 0.388 e. The summed E-state index contributed by atoms with van der Waals surface area (Å²) in [6.45, 7) is 2.52. The first-order valence-electron chi connectivity index (χ1n) is 6.53. The van der Waals surface area contributed by atoms with Gasteiger partial charge < -0.3 is 15.7 Å². The van der Waals surface area contributed by atoms with Gasteiger partial charge in [-0.3, -0.25) is 4.99 Å². The van der Waals surface area contributed by atoms with Crippen LogP contribution in [0.4, 0.5) is 0 Å². The van der Waals surface area contributed by atoms with Crippen LogP contribution >= 0.6 is 0 Å². The molecule has 2 rings (SSSR count). The maximum absolute atomic E-state index is 10.4. The topological polar surface area (TPSA) is 56.6 Å². The molecule has 0 amide bonds. The summed E-state index contributed by atoms with van der Waals surface area (Å²) < 4.78 is 0. The third-order valence-electron chi connectivity index (χ3n) is 3.52. The molecule has 1 saturated carbocycles. The van der Waals surface area contributed by atoms with Gasteiger partial charge in [-0.2, -0.15) is 0 Å². The van der Waals surface area contributed by atoms with Gasteiger partial charge in [-0.05, 0) is 19.3 Å². The molecule has 0 radical (unpaired) electrons. The number of hydrogen-bond donors (Lipinski definition) is 3. The highest BCUT2D eigenvalue weighted by Gasteiger charge is 2.28. The molecule has 0 unspecified atom stereocenters. The third kappa shape index (κ3) is 3.37. The van der Waals surface area contributed by atoms with E-state index in [9.17, 15) is 5.11 Å². The molecule has 0 bridgehead atoms. The maximum atomic E-state index is 10.4. The first-order valence-corrected chi connectivity index (χ1v) is 6.53. The van der Waals surface area contributed by atoms with Crippen molar-refractivity contribution < 1.29 is 5.11 Å². The van der Waals surface area contributed by atoms with Gasteiger partial charge in [-0.15, -0.1) is 0 Å². The smallest absolute Gasteiger partial charge is 0.191 e. The van der Waals surface area contributed by atoms with Crippen molar-refractivity contribution in [3.63, 3.8) is 0 Å². The van der Waals surface area contributed by atoms with Crippen LogP contribution in [0.25, 0.3) is 0 Å². The van der Waals surface area contributed by atoms with Crippen molar-refractivity contribution in [2.75, 3.05) is 19.6 Å². The molecule has 4 heteroatoms. The average Bonchev–Trinajstić information content (AvgIpc) is 2.54. The quantitative estimate of drug-likeness (QED) is 0.615. The highest BCUT2D eigenvalue weighted by atomic mass is 16.3. The Morgan fingerprint density at radius 3 is 2.56 bits per heavy atom. The van der Waals surface area contributed by atoms with E-state index in [0.717, 1.165) is 51.2 Å². The molecule has 2 aliphatic rings. The first-order chi connectivity index (χ1) is 7.79. The minimum atomic E-state index is -0.516. The standard InChI is InChI=1S/C12H23N3O/c16-12(6-3-1-2-4-7-12)10-15-11-13-8-5-9-14-11/h16H,1-10H2,(H2,13,14,15). The van der Waals surface area contributed by atoms with Gasteiger partial charge in [0.15, 0.2) is 5.96 Å². The second-order valence-corrected chi connectivity index (χ2v) is 5.00. The van der Waals surface area contributed by atoms with E-state index < -0.39 is 5.60 Å². The zero-order valence-corrected chi connectivity index (χ0v) is 9.97. The Bertz CT molecular complexity index is 245. The molecule has 0 spiro atoms. The summed E-state index contributed by atoms with van der Waals surface area (Å²) in [6, 6.07) is 0. The molecule has 4 nitrogen and oxygen atoms in total. The van der Waals surface area contributed by atoms with Crippen LogP contribution in [0.3, 0.4) is 0 Å². The fourth-order valence-electron chi connectivity index (χ4n) is 2.46. The van der Waals surface area contributed by atoms with E-state index in [1.165, 1.54) is 12.8 Å². The molecule has 1 aliphatic heterocycles. The zero-order chi connectivity index (χ0) is 11.3. The van der Waals surface area contributed by atoms with Crippen LogP contribution in [-0.4, -0.2) is 36.3 Å². The van der Waals surface area contributed by atoms with Gasteiger partial charge in [0.25, 0.3) is 0 Å². The highest BCUT2D eigenvalue weighted by molar-refractivity contribution is 5.80. The molecular weight excluding hydrogens is 202 g/mol. The van der Waals surface area contributed by atoms with Crippen LogP contribution in [0.5, 0.6) is 0 Å². The van der Waals surface area contributed by atoms with E-state index in [1.54, 1.807) is 0 Å². The monoisotopic (exact) mass is 225 g/mol. The number of hydrogen-bond acceptors (Lipinski definition) is 4. The third-order valence-corrected chi connectivity index (χ3v) is 3.52. The van der Waals surface area contributed by atoms with E-state index in [2.05, 4.69) is 15.6 Å². The van der Waals surface area contributed by atoms with E-state index in [0.29, 0.717) is 6.54 Å². The second-order valence-electron chi connectivity index (χ2n) is 5.00. The SMILES string of the molecule is OC1(CNC2=NCCCN2)CCCCCC1. The van der Waals surface area contributed by atoms with Crippen molar-refractivity contribution in [1.29, 1.82) is 0 Å². The average molecular weight is 225 g/mol. The number of aliphatic imine (C=N–C) groups is 1. The van der Waals surface area contributed by atoms with Crippen LogP contribution < -0.4 is 10.6 Å². The Labute approximate surface area is 97.5 Å². The summed E-state index contributed by atoms with van der Waals surface area (Å²) in [6.07, 6.45) is 7.79. The number of aliphatic hydroxyl groups is 1. The van der Waals surface area contributed by atoms with Crippen molar-refractivity contribution in [2.24, 2.45) is 4.99 Å². The predicted molar refractivity (Wildman–Crippen MR) is 65.6 cm³/mol. The van der Waals surface area contributed by atoms with Gasteiger partial charge in [0.1, 0.15) is 0 Å². The molecule has 1 fully saturated rings. The lowest BCUT2D eigenvalue weighted by atomic mass is 9.94. The Hall–Kier alpha value is -0.770. The summed E-state index contributed by atoms with van der Waals surface area (Å²) in [5.74, 6) is 0.865. The minimum absolute atomic E-state index is 0.516. The van der Waals surface area contributed by atoms with Gasteiger partial charge in [0.2, 0.25) is 0 Å². The Kier molecular flexibility index (Phi) is 4.04. The zero-order valence-electron chi connectivity index (χ0n) is 9.97. The Morgan fingerprint density at radius 2 is 1.94 bits per heavy atom. The second kappa shape index (κ2) is 5.53. The van der Waals surface area contributed by atoms with Crippen LogP contribution in [-0.2, 0) is 0 Å². The van der Waals surface area contributed by atoms with Gasteiger partial charge in [-0.1, -0.05) is 25.7 Å². The van der Waals surface area contributed by atoms with Crippen molar-refractivity contribution in [1.82, 2.24) is 10.6 Å². The van der Waals surface area contributed by atoms with Crippen molar-refractivity contribution in [2.45, 2.75) is 50.5 Å². The summed E-state index contributed by atoms with van der Waals surface area (Å²) in [5.41, 5.74) is -0.516. The lowest BCUT2D eigenvalue weighted by Crippen LogP contribution is -2.48. The number of rotatable bonds is 2. The summed E-state index contributed by atoms with van der Waals surface area (Å²) in [5, 5.41) is 16.9. The highest BCUT2D eigenvalue weighted by Crippen LogP contribution is 2.26.